The Hall–Kier alpha value is -2.88. The molecule has 1 amide bonds. The fourth-order valence-electron chi connectivity index (χ4n) is 2.71. The lowest BCUT2D eigenvalue weighted by molar-refractivity contribution is -0.117. The number of imidazole rings is 1. The molecule has 0 radical (unpaired) electrons. The lowest BCUT2D eigenvalue weighted by Gasteiger charge is -2.10. The number of para-hydroxylation sites is 2. The van der Waals surface area contributed by atoms with Crippen molar-refractivity contribution >= 4 is 16.9 Å². The molecule has 0 fully saturated rings. The Kier molecular flexibility index (Phi) is 4.75. The Morgan fingerprint density at radius 2 is 1.83 bits per heavy atom. The van der Waals surface area contributed by atoms with E-state index < -0.39 is 0 Å². The second-order valence-electron chi connectivity index (χ2n) is 5.87. The molecule has 0 aliphatic carbocycles. The van der Waals surface area contributed by atoms with Crippen molar-refractivity contribution in [1.82, 2.24) is 14.9 Å². The maximum Gasteiger partial charge on any atom is 0.246 e. The molecule has 24 heavy (non-hydrogen) atoms. The molecule has 1 N–H and O–H groups in total. The van der Waals surface area contributed by atoms with Crippen molar-refractivity contribution in [1.29, 1.82) is 0 Å². The van der Waals surface area contributed by atoms with Crippen LogP contribution in [-0.2, 0) is 24.3 Å². The number of aryl methyl sites for hydroxylation is 2. The minimum atomic E-state index is -0.142. The van der Waals surface area contributed by atoms with E-state index in [1.807, 2.05) is 24.3 Å². The normalized spacial score (nSPS) is 10.7. The van der Waals surface area contributed by atoms with Crippen LogP contribution < -0.4 is 5.32 Å². The molecule has 2 aromatic carbocycles. The van der Waals surface area contributed by atoms with Crippen molar-refractivity contribution in [3.05, 3.63) is 78.1 Å². The number of carbonyl (C=O) groups is 1. The largest absolute Gasteiger partial charge is 0.345 e. The van der Waals surface area contributed by atoms with Crippen LogP contribution >= 0.6 is 0 Å². The maximum absolute atomic E-state index is 11.8. The van der Waals surface area contributed by atoms with Gasteiger partial charge in [-0.15, -0.1) is 0 Å². The van der Waals surface area contributed by atoms with Crippen LogP contribution in [0.4, 0.5) is 0 Å². The zero-order chi connectivity index (χ0) is 16.9. The minimum Gasteiger partial charge on any atom is -0.345 e. The predicted octanol–water partition coefficient (Wildman–Crippen LogP) is 3.47. The van der Waals surface area contributed by atoms with Gasteiger partial charge >= 0.3 is 0 Å². The molecule has 4 nitrogen and oxygen atoms in total. The molecule has 0 saturated heterocycles. The third-order valence-corrected chi connectivity index (χ3v) is 4.00. The van der Waals surface area contributed by atoms with Crippen molar-refractivity contribution in [3.8, 4) is 0 Å². The Bertz CT molecular complexity index is 865. The monoisotopic (exact) mass is 319 g/mol. The number of hydrogen-bond acceptors (Lipinski definition) is 2. The van der Waals surface area contributed by atoms with E-state index in [1.165, 1.54) is 5.56 Å². The molecule has 0 unspecified atom stereocenters. The number of rotatable bonds is 6. The summed E-state index contributed by atoms with van der Waals surface area (Å²) in [6.07, 6.45) is 0.919. The number of nitrogens with zero attached hydrogens (tertiary/aromatic N) is 2. The van der Waals surface area contributed by atoms with Crippen LogP contribution in [0, 0.1) is 0 Å². The smallest absolute Gasteiger partial charge is 0.246 e. The second kappa shape index (κ2) is 7.13. The molecule has 3 aromatic rings. The Morgan fingerprint density at radius 3 is 2.58 bits per heavy atom. The van der Waals surface area contributed by atoms with Crippen molar-refractivity contribution in [2.24, 2.45) is 0 Å². The fraction of sp³-hybridized carbons (Fsp3) is 0.200. The lowest BCUT2D eigenvalue weighted by atomic mass is 10.1. The standard InChI is InChI=1S/C20H21N3O/c1-15(2)20(24)21-14-19-22-17-10-6-7-11-18(17)23(19)13-12-16-8-4-3-5-9-16/h3-11H,1,12-14H2,2H3,(H,21,24). The van der Waals surface area contributed by atoms with E-state index in [9.17, 15) is 4.79 Å². The van der Waals surface area contributed by atoms with Gasteiger partial charge in [-0.05, 0) is 31.0 Å². The molecule has 1 aromatic heterocycles. The summed E-state index contributed by atoms with van der Waals surface area (Å²) >= 11 is 0. The summed E-state index contributed by atoms with van der Waals surface area (Å²) in [5, 5.41) is 2.88. The summed E-state index contributed by atoms with van der Waals surface area (Å²) < 4.78 is 2.18. The first-order valence-electron chi connectivity index (χ1n) is 8.07. The van der Waals surface area contributed by atoms with Crippen molar-refractivity contribution in [2.75, 3.05) is 0 Å². The Morgan fingerprint density at radius 1 is 1.12 bits per heavy atom. The van der Waals surface area contributed by atoms with E-state index in [0.717, 1.165) is 29.8 Å². The van der Waals surface area contributed by atoms with Crippen LogP contribution in [0.25, 0.3) is 11.0 Å². The quantitative estimate of drug-likeness (QED) is 0.707. The molecule has 4 heteroatoms. The van der Waals surface area contributed by atoms with Crippen LogP contribution in [-0.4, -0.2) is 15.5 Å². The van der Waals surface area contributed by atoms with Crippen LogP contribution in [0.15, 0.2) is 66.7 Å². The van der Waals surface area contributed by atoms with Crippen molar-refractivity contribution in [3.63, 3.8) is 0 Å². The number of fused-ring (bicyclic) bond motifs is 1. The van der Waals surface area contributed by atoms with Gasteiger partial charge in [0.2, 0.25) is 5.91 Å². The van der Waals surface area contributed by atoms with Gasteiger partial charge in [0, 0.05) is 12.1 Å². The number of amides is 1. The first-order chi connectivity index (χ1) is 11.6. The highest BCUT2D eigenvalue weighted by atomic mass is 16.1. The van der Waals surface area contributed by atoms with E-state index >= 15 is 0 Å². The highest BCUT2D eigenvalue weighted by Gasteiger charge is 2.11. The summed E-state index contributed by atoms with van der Waals surface area (Å²) in [5.41, 5.74) is 3.83. The van der Waals surface area contributed by atoms with Gasteiger partial charge in [0.25, 0.3) is 0 Å². The number of hydrogen-bond donors (Lipinski definition) is 1. The molecular weight excluding hydrogens is 298 g/mol. The van der Waals surface area contributed by atoms with Gasteiger partial charge in [0.15, 0.2) is 0 Å². The van der Waals surface area contributed by atoms with Gasteiger partial charge in [-0.2, -0.15) is 0 Å². The average Bonchev–Trinajstić information content (AvgIpc) is 2.96. The third-order valence-electron chi connectivity index (χ3n) is 4.00. The fourth-order valence-corrected chi connectivity index (χ4v) is 2.71. The minimum absolute atomic E-state index is 0.142. The molecule has 0 aliphatic heterocycles. The molecule has 1 heterocycles. The van der Waals surface area contributed by atoms with Gasteiger partial charge in [-0.1, -0.05) is 49.0 Å². The zero-order valence-electron chi connectivity index (χ0n) is 13.8. The molecule has 0 atom stereocenters. The predicted molar refractivity (Wildman–Crippen MR) is 96.5 cm³/mol. The highest BCUT2D eigenvalue weighted by molar-refractivity contribution is 5.92. The van der Waals surface area contributed by atoms with E-state index in [1.54, 1.807) is 6.92 Å². The molecule has 0 aliphatic rings. The van der Waals surface area contributed by atoms with Crippen LogP contribution in [0.2, 0.25) is 0 Å². The summed E-state index contributed by atoms with van der Waals surface area (Å²) in [6.45, 7) is 6.59. The van der Waals surface area contributed by atoms with Gasteiger partial charge < -0.3 is 9.88 Å². The topological polar surface area (TPSA) is 46.9 Å². The molecular formula is C20H21N3O. The van der Waals surface area contributed by atoms with Crippen molar-refractivity contribution in [2.45, 2.75) is 26.4 Å². The summed E-state index contributed by atoms with van der Waals surface area (Å²) in [5.74, 6) is 0.721. The summed E-state index contributed by atoms with van der Waals surface area (Å²) in [4.78, 5) is 16.4. The van der Waals surface area contributed by atoms with Crippen molar-refractivity contribution < 1.29 is 4.79 Å². The van der Waals surface area contributed by atoms with E-state index in [2.05, 4.69) is 51.8 Å². The van der Waals surface area contributed by atoms with Gasteiger partial charge in [0.05, 0.1) is 17.6 Å². The Labute approximate surface area is 141 Å². The molecule has 0 bridgehead atoms. The van der Waals surface area contributed by atoms with E-state index in [0.29, 0.717) is 12.1 Å². The van der Waals surface area contributed by atoms with Crippen LogP contribution in [0.5, 0.6) is 0 Å². The summed E-state index contributed by atoms with van der Waals surface area (Å²) in [6, 6.07) is 18.4. The average molecular weight is 319 g/mol. The first kappa shape index (κ1) is 16.0. The molecule has 0 saturated carbocycles. The highest BCUT2D eigenvalue weighted by Crippen LogP contribution is 2.17. The number of benzene rings is 2. The molecule has 3 rings (SSSR count). The van der Waals surface area contributed by atoms with Crippen LogP contribution in [0.1, 0.15) is 18.3 Å². The van der Waals surface area contributed by atoms with E-state index in [-0.39, 0.29) is 5.91 Å². The summed E-state index contributed by atoms with van der Waals surface area (Å²) in [7, 11) is 0. The zero-order valence-corrected chi connectivity index (χ0v) is 13.8. The third kappa shape index (κ3) is 3.54. The SMILES string of the molecule is C=C(C)C(=O)NCc1nc2ccccc2n1CCc1ccccc1. The van der Waals surface area contributed by atoms with E-state index in [4.69, 9.17) is 0 Å². The maximum atomic E-state index is 11.8. The second-order valence-corrected chi connectivity index (χ2v) is 5.87. The lowest BCUT2D eigenvalue weighted by Crippen LogP contribution is -2.25. The number of aromatic nitrogens is 2. The molecule has 122 valence electrons. The first-order valence-corrected chi connectivity index (χ1v) is 8.07. The number of carbonyl (C=O) groups excluding carboxylic acids is 1. The molecule has 0 spiro atoms. The Balaban J connectivity index is 1.84. The van der Waals surface area contributed by atoms with Gasteiger partial charge in [-0.25, -0.2) is 4.98 Å². The van der Waals surface area contributed by atoms with Gasteiger partial charge in [-0.3, -0.25) is 4.79 Å². The van der Waals surface area contributed by atoms with Gasteiger partial charge in [0.1, 0.15) is 5.82 Å². The van der Waals surface area contributed by atoms with Crippen LogP contribution in [0.3, 0.4) is 0 Å². The number of nitrogens with one attached hydrogen (secondary N) is 1.